The maximum Gasteiger partial charge on any atom is 0.253 e. The SMILES string of the molecule is CCn1nnc2cc(C(=O)N(C)C3CCC(CO)CC3)ccc21. The van der Waals surface area contributed by atoms with Gasteiger partial charge in [-0.3, -0.25) is 4.79 Å². The first kappa shape index (κ1) is 15.9. The lowest BCUT2D eigenvalue weighted by Gasteiger charge is -2.34. The van der Waals surface area contributed by atoms with E-state index in [2.05, 4.69) is 10.3 Å². The van der Waals surface area contributed by atoms with Crippen LogP contribution in [-0.2, 0) is 6.54 Å². The predicted octanol–water partition coefficient (Wildman–Crippen LogP) is 2.07. The summed E-state index contributed by atoms with van der Waals surface area (Å²) < 4.78 is 1.82. The Bertz CT molecular complexity index is 689. The van der Waals surface area contributed by atoms with Gasteiger partial charge < -0.3 is 10.0 Å². The second kappa shape index (κ2) is 6.66. The Morgan fingerprint density at radius 1 is 1.35 bits per heavy atom. The number of hydrogen-bond donors (Lipinski definition) is 1. The van der Waals surface area contributed by atoms with E-state index in [0.29, 0.717) is 11.5 Å². The third-order valence-electron chi connectivity index (χ3n) is 5.00. The van der Waals surface area contributed by atoms with Crippen LogP contribution in [0.5, 0.6) is 0 Å². The molecule has 2 aromatic rings. The molecule has 6 nitrogen and oxygen atoms in total. The Kier molecular flexibility index (Phi) is 4.61. The van der Waals surface area contributed by atoms with Crippen molar-refractivity contribution in [1.82, 2.24) is 19.9 Å². The predicted molar refractivity (Wildman–Crippen MR) is 88.1 cm³/mol. The summed E-state index contributed by atoms with van der Waals surface area (Å²) in [6.45, 7) is 3.04. The lowest BCUT2D eigenvalue weighted by Crippen LogP contribution is -2.39. The van der Waals surface area contributed by atoms with Gasteiger partial charge in [-0.2, -0.15) is 0 Å². The first-order valence-corrected chi connectivity index (χ1v) is 8.35. The van der Waals surface area contributed by atoms with Gasteiger partial charge in [0.05, 0.1) is 5.52 Å². The highest BCUT2D eigenvalue weighted by atomic mass is 16.3. The van der Waals surface area contributed by atoms with Gasteiger partial charge in [-0.25, -0.2) is 4.68 Å². The van der Waals surface area contributed by atoms with Crippen molar-refractivity contribution in [3.63, 3.8) is 0 Å². The van der Waals surface area contributed by atoms with Gasteiger partial charge in [-0.05, 0) is 56.7 Å². The van der Waals surface area contributed by atoms with E-state index >= 15 is 0 Å². The highest BCUT2D eigenvalue weighted by Gasteiger charge is 2.27. The van der Waals surface area contributed by atoms with Crippen LogP contribution in [0.1, 0.15) is 43.0 Å². The second-order valence-electron chi connectivity index (χ2n) is 6.38. The fourth-order valence-corrected chi connectivity index (χ4v) is 3.42. The van der Waals surface area contributed by atoms with Crippen LogP contribution in [0, 0.1) is 5.92 Å². The zero-order valence-corrected chi connectivity index (χ0v) is 13.8. The molecule has 1 aliphatic rings. The Labute approximate surface area is 136 Å². The number of carbonyl (C=O) groups excluding carboxylic acids is 1. The minimum absolute atomic E-state index is 0.0328. The summed E-state index contributed by atoms with van der Waals surface area (Å²) in [6, 6.07) is 5.86. The maximum absolute atomic E-state index is 12.7. The van der Waals surface area contributed by atoms with Gasteiger partial charge in [0.15, 0.2) is 0 Å². The summed E-state index contributed by atoms with van der Waals surface area (Å²) in [5, 5.41) is 17.5. The summed E-state index contributed by atoms with van der Waals surface area (Å²) >= 11 is 0. The lowest BCUT2D eigenvalue weighted by atomic mass is 9.86. The minimum atomic E-state index is 0.0328. The van der Waals surface area contributed by atoms with E-state index in [1.165, 1.54) is 0 Å². The quantitative estimate of drug-likeness (QED) is 0.937. The van der Waals surface area contributed by atoms with Crippen LogP contribution in [0.2, 0.25) is 0 Å². The molecule has 1 aromatic carbocycles. The fourth-order valence-electron chi connectivity index (χ4n) is 3.42. The van der Waals surface area contributed by atoms with Crippen LogP contribution < -0.4 is 0 Å². The van der Waals surface area contributed by atoms with Crippen LogP contribution in [0.3, 0.4) is 0 Å². The molecule has 1 aromatic heterocycles. The first-order valence-electron chi connectivity index (χ1n) is 8.35. The number of aliphatic hydroxyl groups excluding tert-OH is 1. The Hall–Kier alpha value is -1.95. The van der Waals surface area contributed by atoms with E-state index < -0.39 is 0 Å². The summed E-state index contributed by atoms with van der Waals surface area (Å²) in [6.07, 6.45) is 3.90. The molecule has 6 heteroatoms. The standard InChI is InChI=1S/C17H24N4O2/c1-3-21-16-9-6-13(10-15(16)18-19-21)17(23)20(2)14-7-4-12(11-22)5-8-14/h6,9-10,12,14,22H,3-5,7-8,11H2,1-2H3. The van der Waals surface area contributed by atoms with E-state index in [0.717, 1.165) is 43.3 Å². The topological polar surface area (TPSA) is 71.2 Å². The van der Waals surface area contributed by atoms with E-state index in [1.54, 1.807) is 0 Å². The van der Waals surface area contributed by atoms with E-state index in [1.807, 2.05) is 41.8 Å². The zero-order valence-electron chi connectivity index (χ0n) is 13.8. The molecule has 0 radical (unpaired) electrons. The third kappa shape index (κ3) is 3.08. The molecule has 1 fully saturated rings. The average molecular weight is 316 g/mol. The number of carbonyl (C=O) groups is 1. The maximum atomic E-state index is 12.7. The molecule has 1 amide bonds. The molecule has 0 saturated heterocycles. The van der Waals surface area contributed by atoms with E-state index in [9.17, 15) is 9.90 Å². The molecule has 0 spiro atoms. The van der Waals surface area contributed by atoms with Gasteiger partial charge in [0.1, 0.15) is 5.52 Å². The number of fused-ring (bicyclic) bond motifs is 1. The molecule has 3 rings (SSSR count). The zero-order chi connectivity index (χ0) is 16.4. The number of aryl methyl sites for hydroxylation is 1. The summed E-state index contributed by atoms with van der Waals surface area (Å²) in [5.74, 6) is 0.431. The molecule has 1 aliphatic carbocycles. The molecule has 1 saturated carbocycles. The smallest absolute Gasteiger partial charge is 0.253 e. The molecule has 1 heterocycles. The minimum Gasteiger partial charge on any atom is -0.396 e. The number of nitrogens with zero attached hydrogens (tertiary/aromatic N) is 4. The van der Waals surface area contributed by atoms with Crippen LogP contribution in [-0.4, -0.2) is 50.6 Å². The highest BCUT2D eigenvalue weighted by Crippen LogP contribution is 2.27. The van der Waals surface area contributed by atoms with Crippen molar-refractivity contribution in [2.75, 3.05) is 13.7 Å². The molecule has 1 N–H and O–H groups in total. The molecule has 0 bridgehead atoms. The highest BCUT2D eigenvalue weighted by molar-refractivity contribution is 5.97. The van der Waals surface area contributed by atoms with Gasteiger partial charge >= 0.3 is 0 Å². The van der Waals surface area contributed by atoms with Crippen LogP contribution >= 0.6 is 0 Å². The van der Waals surface area contributed by atoms with Crippen molar-refractivity contribution in [3.8, 4) is 0 Å². The largest absolute Gasteiger partial charge is 0.396 e. The van der Waals surface area contributed by atoms with Crippen molar-refractivity contribution in [3.05, 3.63) is 23.8 Å². The second-order valence-corrected chi connectivity index (χ2v) is 6.38. The van der Waals surface area contributed by atoms with Crippen LogP contribution in [0.15, 0.2) is 18.2 Å². The Balaban J connectivity index is 1.74. The number of aromatic nitrogens is 3. The van der Waals surface area contributed by atoms with E-state index in [-0.39, 0.29) is 18.6 Å². The van der Waals surface area contributed by atoms with Gasteiger partial charge in [-0.1, -0.05) is 5.21 Å². The van der Waals surface area contributed by atoms with Crippen molar-refractivity contribution in [2.45, 2.75) is 45.2 Å². The van der Waals surface area contributed by atoms with Crippen LogP contribution in [0.4, 0.5) is 0 Å². The van der Waals surface area contributed by atoms with Crippen molar-refractivity contribution >= 4 is 16.9 Å². The van der Waals surface area contributed by atoms with Gasteiger partial charge in [0.2, 0.25) is 0 Å². The summed E-state index contributed by atoms with van der Waals surface area (Å²) in [7, 11) is 1.87. The van der Waals surface area contributed by atoms with Gasteiger partial charge in [0, 0.05) is 31.8 Å². The lowest BCUT2D eigenvalue weighted by molar-refractivity contribution is 0.0653. The fraction of sp³-hybridized carbons (Fsp3) is 0.588. The molecule has 0 aliphatic heterocycles. The van der Waals surface area contributed by atoms with Crippen molar-refractivity contribution in [2.24, 2.45) is 5.92 Å². The number of rotatable bonds is 4. The van der Waals surface area contributed by atoms with Gasteiger partial charge in [-0.15, -0.1) is 5.10 Å². The van der Waals surface area contributed by atoms with E-state index in [4.69, 9.17) is 0 Å². The summed E-state index contributed by atoms with van der Waals surface area (Å²) in [5.41, 5.74) is 2.37. The first-order chi connectivity index (χ1) is 11.1. The molecular formula is C17H24N4O2. The number of amides is 1. The molecule has 0 unspecified atom stereocenters. The molecule has 23 heavy (non-hydrogen) atoms. The number of benzene rings is 1. The molecule has 124 valence electrons. The normalized spacial score (nSPS) is 21.5. The Morgan fingerprint density at radius 3 is 2.74 bits per heavy atom. The Morgan fingerprint density at radius 2 is 2.09 bits per heavy atom. The van der Waals surface area contributed by atoms with Crippen molar-refractivity contribution < 1.29 is 9.90 Å². The number of hydrogen-bond acceptors (Lipinski definition) is 4. The summed E-state index contributed by atoms with van der Waals surface area (Å²) in [4.78, 5) is 14.6. The van der Waals surface area contributed by atoms with Crippen LogP contribution in [0.25, 0.3) is 11.0 Å². The average Bonchev–Trinajstić information content (AvgIpc) is 3.02. The van der Waals surface area contributed by atoms with Gasteiger partial charge in [0.25, 0.3) is 5.91 Å². The third-order valence-corrected chi connectivity index (χ3v) is 5.00. The monoisotopic (exact) mass is 316 g/mol. The molecular weight excluding hydrogens is 292 g/mol. The molecule has 0 atom stereocenters. The van der Waals surface area contributed by atoms with Crippen molar-refractivity contribution in [1.29, 1.82) is 0 Å². The number of aliphatic hydroxyl groups is 1.